The van der Waals surface area contributed by atoms with Gasteiger partial charge in [-0.05, 0) is 36.9 Å². The minimum atomic E-state index is -0.460. The number of thiophene rings is 1. The van der Waals surface area contributed by atoms with Crippen molar-refractivity contribution in [1.29, 1.82) is 0 Å². The summed E-state index contributed by atoms with van der Waals surface area (Å²) in [6.07, 6.45) is 0. The third-order valence-corrected chi connectivity index (χ3v) is 3.97. The smallest absolute Gasteiger partial charge is 0.350 e. The zero-order chi connectivity index (χ0) is 15.4. The Kier molecular flexibility index (Phi) is 4.59. The number of hydrogen-bond acceptors (Lipinski definition) is 4. The number of rotatable bonds is 3. The first-order valence-electron chi connectivity index (χ1n) is 6.32. The highest BCUT2D eigenvalue weighted by Crippen LogP contribution is 2.28. The number of hydrogen-bond donors (Lipinski definition) is 2. The number of benzene rings is 1. The molecule has 1 aromatic carbocycles. The van der Waals surface area contributed by atoms with Crippen LogP contribution in [0.15, 0.2) is 29.6 Å². The molecule has 1 aromatic heterocycles. The molecule has 0 aliphatic heterocycles. The first kappa shape index (κ1) is 15.1. The van der Waals surface area contributed by atoms with Crippen LogP contribution in [0.4, 0.5) is 16.2 Å². The van der Waals surface area contributed by atoms with Crippen molar-refractivity contribution in [3.8, 4) is 0 Å². The average Bonchev–Trinajstić information content (AvgIpc) is 2.82. The second-order valence-electron chi connectivity index (χ2n) is 4.56. The fourth-order valence-electron chi connectivity index (χ4n) is 1.76. The maximum atomic E-state index is 12.0. The largest absolute Gasteiger partial charge is 0.465 e. The van der Waals surface area contributed by atoms with Gasteiger partial charge in [0.2, 0.25) is 0 Å². The van der Waals surface area contributed by atoms with E-state index in [1.165, 1.54) is 18.4 Å². The van der Waals surface area contributed by atoms with Gasteiger partial charge in [0.05, 0.1) is 12.8 Å². The van der Waals surface area contributed by atoms with E-state index in [0.29, 0.717) is 16.3 Å². The zero-order valence-corrected chi connectivity index (χ0v) is 12.8. The van der Waals surface area contributed by atoms with Gasteiger partial charge in [-0.25, -0.2) is 9.59 Å². The van der Waals surface area contributed by atoms with Crippen LogP contribution in [0.2, 0.25) is 0 Å². The van der Waals surface area contributed by atoms with E-state index in [2.05, 4.69) is 10.6 Å². The van der Waals surface area contributed by atoms with Crippen LogP contribution in [0.25, 0.3) is 0 Å². The summed E-state index contributed by atoms with van der Waals surface area (Å²) in [6, 6.07) is 7.05. The van der Waals surface area contributed by atoms with Gasteiger partial charge in [-0.2, -0.15) is 0 Å². The number of nitrogens with one attached hydrogen (secondary N) is 2. The van der Waals surface area contributed by atoms with E-state index in [0.717, 1.165) is 11.1 Å². The second-order valence-corrected chi connectivity index (χ2v) is 5.44. The molecule has 0 aliphatic carbocycles. The molecule has 6 heteroatoms. The Labute approximate surface area is 126 Å². The lowest BCUT2D eigenvalue weighted by Crippen LogP contribution is -2.21. The zero-order valence-electron chi connectivity index (χ0n) is 12.0. The summed E-state index contributed by atoms with van der Waals surface area (Å²) in [4.78, 5) is 24.0. The lowest BCUT2D eigenvalue weighted by molar-refractivity contribution is 0.0607. The molecule has 0 radical (unpaired) electrons. The standard InChI is InChI=1S/C15H16N2O3S/c1-9-4-6-11(7-5-9)16-15(19)17-12-10(2)8-21-13(12)14(18)20-3/h4-8H,1-3H3,(H2,16,17,19). The van der Waals surface area contributed by atoms with E-state index in [4.69, 9.17) is 4.74 Å². The van der Waals surface area contributed by atoms with Crippen molar-refractivity contribution in [2.75, 3.05) is 17.7 Å². The monoisotopic (exact) mass is 304 g/mol. The van der Waals surface area contributed by atoms with Gasteiger partial charge in [0.1, 0.15) is 4.88 Å². The molecule has 0 fully saturated rings. The number of aryl methyl sites for hydroxylation is 2. The van der Waals surface area contributed by atoms with Gasteiger partial charge < -0.3 is 15.4 Å². The fraction of sp³-hybridized carbons (Fsp3) is 0.200. The third-order valence-electron chi connectivity index (χ3n) is 2.89. The normalized spacial score (nSPS) is 10.0. The quantitative estimate of drug-likeness (QED) is 0.848. The Bertz CT molecular complexity index is 662. The number of urea groups is 1. The highest BCUT2D eigenvalue weighted by Gasteiger charge is 2.18. The van der Waals surface area contributed by atoms with Crippen molar-refractivity contribution in [2.24, 2.45) is 0 Å². The second kappa shape index (κ2) is 6.41. The predicted octanol–water partition coefficient (Wildman–Crippen LogP) is 3.80. The summed E-state index contributed by atoms with van der Waals surface area (Å²) in [6.45, 7) is 3.80. The fourth-order valence-corrected chi connectivity index (χ4v) is 2.68. The number of carbonyl (C=O) groups is 2. The lowest BCUT2D eigenvalue weighted by atomic mass is 10.2. The first-order valence-corrected chi connectivity index (χ1v) is 7.20. The summed E-state index contributed by atoms with van der Waals surface area (Å²) in [5.74, 6) is -0.460. The molecule has 0 unspecified atom stereocenters. The summed E-state index contributed by atoms with van der Waals surface area (Å²) in [5.41, 5.74) is 3.10. The molecule has 2 N–H and O–H groups in total. The molecule has 2 amide bonds. The Hall–Kier alpha value is -2.34. The van der Waals surface area contributed by atoms with Gasteiger partial charge in [0.15, 0.2) is 0 Å². The number of carbonyl (C=O) groups excluding carboxylic acids is 2. The van der Waals surface area contributed by atoms with Crippen LogP contribution in [-0.2, 0) is 4.74 Å². The molecular weight excluding hydrogens is 288 g/mol. The maximum Gasteiger partial charge on any atom is 0.350 e. The molecule has 110 valence electrons. The van der Waals surface area contributed by atoms with Crippen LogP contribution >= 0.6 is 11.3 Å². The van der Waals surface area contributed by atoms with Crippen molar-refractivity contribution in [3.05, 3.63) is 45.6 Å². The van der Waals surface area contributed by atoms with Crippen LogP contribution in [0.5, 0.6) is 0 Å². The SMILES string of the molecule is COC(=O)c1scc(C)c1NC(=O)Nc1ccc(C)cc1. The van der Waals surface area contributed by atoms with Gasteiger partial charge in [-0.3, -0.25) is 0 Å². The molecule has 0 saturated carbocycles. The molecule has 2 aromatic rings. The van der Waals surface area contributed by atoms with Crippen LogP contribution in [-0.4, -0.2) is 19.1 Å². The molecule has 0 aliphatic rings. The predicted molar refractivity (Wildman–Crippen MR) is 84.2 cm³/mol. The number of anilines is 2. The van der Waals surface area contributed by atoms with Gasteiger partial charge >= 0.3 is 12.0 Å². The van der Waals surface area contributed by atoms with E-state index in [-0.39, 0.29) is 0 Å². The van der Waals surface area contributed by atoms with Crippen LogP contribution in [0.1, 0.15) is 20.8 Å². The first-order chi connectivity index (χ1) is 10.0. The molecule has 0 saturated heterocycles. The van der Waals surface area contributed by atoms with E-state index < -0.39 is 12.0 Å². The van der Waals surface area contributed by atoms with Gasteiger partial charge in [0, 0.05) is 5.69 Å². The van der Waals surface area contributed by atoms with Gasteiger partial charge in [-0.1, -0.05) is 17.7 Å². The molecule has 5 nitrogen and oxygen atoms in total. The van der Waals surface area contributed by atoms with Crippen molar-refractivity contribution in [1.82, 2.24) is 0 Å². The summed E-state index contributed by atoms with van der Waals surface area (Å²) < 4.78 is 4.70. The lowest BCUT2D eigenvalue weighted by Gasteiger charge is -2.09. The summed E-state index contributed by atoms with van der Waals surface area (Å²) in [7, 11) is 1.31. The molecular formula is C15H16N2O3S. The van der Waals surface area contributed by atoms with Crippen LogP contribution in [0, 0.1) is 13.8 Å². The molecule has 0 bridgehead atoms. The van der Waals surface area contributed by atoms with Crippen LogP contribution in [0.3, 0.4) is 0 Å². The Morgan fingerprint density at radius 3 is 2.38 bits per heavy atom. The highest BCUT2D eigenvalue weighted by atomic mass is 32.1. The number of amides is 2. The van der Waals surface area contributed by atoms with E-state index >= 15 is 0 Å². The van der Waals surface area contributed by atoms with E-state index in [1.54, 1.807) is 5.38 Å². The number of esters is 1. The Balaban J connectivity index is 2.11. The molecule has 0 atom stereocenters. The van der Waals surface area contributed by atoms with Gasteiger partial charge in [0.25, 0.3) is 0 Å². The van der Waals surface area contributed by atoms with Crippen molar-refractivity contribution >= 4 is 34.7 Å². The van der Waals surface area contributed by atoms with E-state index in [1.807, 2.05) is 38.1 Å². The van der Waals surface area contributed by atoms with E-state index in [9.17, 15) is 9.59 Å². The van der Waals surface area contributed by atoms with Gasteiger partial charge in [-0.15, -0.1) is 11.3 Å². The van der Waals surface area contributed by atoms with Crippen LogP contribution < -0.4 is 10.6 Å². The maximum absolute atomic E-state index is 12.0. The summed E-state index contributed by atoms with van der Waals surface area (Å²) >= 11 is 1.24. The molecule has 2 rings (SSSR count). The van der Waals surface area contributed by atoms with Crippen molar-refractivity contribution in [2.45, 2.75) is 13.8 Å². The topological polar surface area (TPSA) is 67.4 Å². The summed E-state index contributed by atoms with van der Waals surface area (Å²) in [5, 5.41) is 7.22. The molecule has 1 heterocycles. The minimum Gasteiger partial charge on any atom is -0.465 e. The van der Waals surface area contributed by atoms with Crippen molar-refractivity contribution < 1.29 is 14.3 Å². The van der Waals surface area contributed by atoms with Crippen molar-refractivity contribution in [3.63, 3.8) is 0 Å². The number of ether oxygens (including phenoxy) is 1. The number of methoxy groups -OCH3 is 1. The molecule has 21 heavy (non-hydrogen) atoms. The third kappa shape index (κ3) is 3.61. The Morgan fingerprint density at radius 2 is 1.76 bits per heavy atom. The minimum absolute atomic E-state index is 0.383. The molecule has 0 spiro atoms. The highest BCUT2D eigenvalue weighted by molar-refractivity contribution is 7.12. The Morgan fingerprint density at radius 1 is 1.10 bits per heavy atom. The average molecular weight is 304 g/mol.